The average molecular weight is 452 g/mol. The first-order valence-corrected chi connectivity index (χ1v) is 9.91. The predicted octanol–water partition coefficient (Wildman–Crippen LogP) is 3.30. The van der Waals surface area contributed by atoms with Gasteiger partial charge in [-0.15, -0.1) is 0 Å². The topological polar surface area (TPSA) is 97.9 Å². The van der Waals surface area contributed by atoms with Gasteiger partial charge in [-0.25, -0.2) is 18.2 Å². The maximum absolute atomic E-state index is 14.6. The molecule has 33 heavy (non-hydrogen) atoms. The second-order valence-electron chi connectivity index (χ2n) is 7.10. The molecule has 0 saturated carbocycles. The van der Waals surface area contributed by atoms with Crippen LogP contribution in [0.4, 0.5) is 19.1 Å². The Bertz CT molecular complexity index is 1380. The number of nitrogens with two attached hydrogens (primary N) is 1. The Morgan fingerprint density at radius 1 is 0.970 bits per heavy atom. The summed E-state index contributed by atoms with van der Waals surface area (Å²) in [6, 6.07) is 11.5. The lowest BCUT2D eigenvalue weighted by Gasteiger charge is -2.15. The van der Waals surface area contributed by atoms with Crippen LogP contribution in [0.1, 0.15) is 0 Å². The molecule has 0 aliphatic carbocycles. The summed E-state index contributed by atoms with van der Waals surface area (Å²) in [5.41, 5.74) is 5.12. The zero-order valence-electron chi connectivity index (χ0n) is 17.3. The van der Waals surface area contributed by atoms with Crippen LogP contribution < -0.4 is 21.9 Å². The summed E-state index contributed by atoms with van der Waals surface area (Å²) in [7, 11) is 0. The highest BCUT2D eigenvalue weighted by molar-refractivity contribution is 5.92. The maximum atomic E-state index is 14.6. The van der Waals surface area contributed by atoms with Crippen LogP contribution in [0.25, 0.3) is 28.0 Å². The van der Waals surface area contributed by atoms with Crippen molar-refractivity contribution in [3.63, 3.8) is 0 Å². The van der Waals surface area contributed by atoms with Gasteiger partial charge >= 0.3 is 0 Å². The number of halogens is 3. The summed E-state index contributed by atoms with van der Waals surface area (Å²) in [4.78, 5) is 21.6. The highest BCUT2D eigenvalue weighted by atomic mass is 19.1. The fourth-order valence-electron chi connectivity index (χ4n) is 3.34. The third-order valence-corrected chi connectivity index (χ3v) is 4.79. The molecular formula is C23H19F3N6O. The van der Waals surface area contributed by atoms with Gasteiger partial charge in [-0.2, -0.15) is 4.98 Å². The quantitative estimate of drug-likeness (QED) is 0.372. The third-order valence-electron chi connectivity index (χ3n) is 4.79. The van der Waals surface area contributed by atoms with Crippen molar-refractivity contribution in [1.82, 2.24) is 19.9 Å². The summed E-state index contributed by atoms with van der Waals surface area (Å²) >= 11 is 0. The number of benzene rings is 2. The van der Waals surface area contributed by atoms with E-state index in [0.717, 1.165) is 16.7 Å². The Kier molecular flexibility index (Phi) is 5.99. The number of rotatable bonds is 7. The number of para-hydroxylation sites is 1. The monoisotopic (exact) mass is 452 g/mol. The van der Waals surface area contributed by atoms with E-state index in [1.54, 1.807) is 0 Å². The van der Waals surface area contributed by atoms with Crippen molar-refractivity contribution >= 4 is 17.0 Å². The van der Waals surface area contributed by atoms with Crippen molar-refractivity contribution in [2.45, 2.75) is 0 Å². The molecular weight excluding hydrogens is 433 g/mol. The lowest BCUT2D eigenvalue weighted by Crippen LogP contribution is -2.26. The van der Waals surface area contributed by atoms with E-state index < -0.39 is 28.7 Å². The van der Waals surface area contributed by atoms with E-state index in [4.69, 9.17) is 5.73 Å². The molecule has 0 aliphatic heterocycles. The van der Waals surface area contributed by atoms with Gasteiger partial charge in [-0.1, -0.05) is 12.6 Å². The molecule has 0 fully saturated rings. The number of pyridine rings is 1. The van der Waals surface area contributed by atoms with Gasteiger partial charge in [0.1, 0.15) is 23.1 Å². The van der Waals surface area contributed by atoms with Crippen molar-refractivity contribution in [2.24, 2.45) is 5.73 Å². The van der Waals surface area contributed by atoms with Crippen LogP contribution in [0, 0.1) is 17.5 Å². The highest BCUT2D eigenvalue weighted by Gasteiger charge is 2.19. The van der Waals surface area contributed by atoms with E-state index in [1.807, 2.05) is 0 Å². The Morgan fingerprint density at radius 2 is 1.67 bits per heavy atom. The van der Waals surface area contributed by atoms with Crippen LogP contribution >= 0.6 is 0 Å². The zero-order valence-corrected chi connectivity index (χ0v) is 17.3. The Balaban J connectivity index is 1.95. The first-order valence-electron chi connectivity index (χ1n) is 9.91. The molecule has 0 amide bonds. The molecule has 0 radical (unpaired) electrons. The summed E-state index contributed by atoms with van der Waals surface area (Å²) < 4.78 is 43.6. The minimum Gasteiger partial charge on any atom is -0.386 e. The van der Waals surface area contributed by atoms with E-state index in [0.29, 0.717) is 29.7 Å². The molecule has 168 valence electrons. The van der Waals surface area contributed by atoms with Crippen LogP contribution in [-0.2, 0) is 0 Å². The standard InChI is InChI=1S/C23H19F3N6O/c1-13(27)28-11-12-29-23-30-20(14-5-7-15(24)8-6-14)16-9-10-19(33)32(22(16)31-23)21-17(25)3-2-4-18(21)26/h2-10,28H,1,11-12,27H2,(H,29,30,31). The van der Waals surface area contributed by atoms with Crippen LogP contribution in [0.2, 0.25) is 0 Å². The molecule has 2 aromatic heterocycles. The minimum atomic E-state index is -0.924. The SMILES string of the molecule is C=C(N)NCCNc1nc(-c2ccc(F)cc2)c2ccc(=O)n(-c3c(F)cccc3F)c2n1. The van der Waals surface area contributed by atoms with E-state index in [9.17, 15) is 18.0 Å². The van der Waals surface area contributed by atoms with Crippen molar-refractivity contribution < 1.29 is 13.2 Å². The molecule has 0 atom stereocenters. The third kappa shape index (κ3) is 4.49. The minimum absolute atomic E-state index is 0.0143. The summed E-state index contributed by atoms with van der Waals surface area (Å²) in [6.45, 7) is 4.26. The van der Waals surface area contributed by atoms with Crippen molar-refractivity contribution in [3.8, 4) is 16.9 Å². The normalized spacial score (nSPS) is 10.9. The largest absolute Gasteiger partial charge is 0.386 e. The molecule has 0 spiro atoms. The molecule has 4 rings (SSSR count). The zero-order chi connectivity index (χ0) is 23.5. The molecule has 7 nitrogen and oxygen atoms in total. The molecule has 4 aromatic rings. The smallest absolute Gasteiger partial charge is 0.256 e. The lowest BCUT2D eigenvalue weighted by molar-refractivity contribution is 0.568. The van der Waals surface area contributed by atoms with Crippen LogP contribution in [-0.4, -0.2) is 27.6 Å². The van der Waals surface area contributed by atoms with Crippen molar-refractivity contribution in [1.29, 1.82) is 0 Å². The fourth-order valence-corrected chi connectivity index (χ4v) is 3.34. The molecule has 0 bridgehead atoms. The summed E-state index contributed by atoms with van der Waals surface area (Å²) in [6.07, 6.45) is 0. The lowest BCUT2D eigenvalue weighted by atomic mass is 10.1. The fraction of sp³-hybridized carbons (Fsp3) is 0.0870. The number of hydrogen-bond acceptors (Lipinski definition) is 6. The van der Waals surface area contributed by atoms with Gasteiger partial charge < -0.3 is 16.4 Å². The van der Waals surface area contributed by atoms with Gasteiger partial charge in [-0.3, -0.25) is 9.36 Å². The van der Waals surface area contributed by atoms with Gasteiger partial charge in [0, 0.05) is 30.1 Å². The number of aromatic nitrogens is 3. The van der Waals surface area contributed by atoms with Gasteiger partial charge in [0.15, 0.2) is 5.65 Å². The van der Waals surface area contributed by atoms with E-state index >= 15 is 0 Å². The number of nitrogens with zero attached hydrogens (tertiary/aromatic N) is 3. The van der Waals surface area contributed by atoms with Crippen LogP contribution in [0.5, 0.6) is 0 Å². The molecule has 10 heteroatoms. The first-order chi connectivity index (χ1) is 15.8. The second-order valence-corrected chi connectivity index (χ2v) is 7.10. The van der Waals surface area contributed by atoms with Crippen molar-refractivity contribution in [3.05, 3.63) is 94.8 Å². The van der Waals surface area contributed by atoms with E-state index in [2.05, 4.69) is 27.2 Å². The van der Waals surface area contributed by atoms with Crippen LogP contribution in [0.3, 0.4) is 0 Å². The Labute approximate surface area is 186 Å². The number of fused-ring (bicyclic) bond motifs is 1. The number of hydrogen-bond donors (Lipinski definition) is 3. The average Bonchev–Trinajstić information content (AvgIpc) is 2.78. The summed E-state index contributed by atoms with van der Waals surface area (Å²) in [5, 5.41) is 6.17. The Hall–Kier alpha value is -4.34. The molecule has 0 saturated heterocycles. The van der Waals surface area contributed by atoms with Crippen LogP contribution in [0.15, 0.2) is 71.8 Å². The second kappa shape index (κ2) is 9.03. The Morgan fingerprint density at radius 3 is 2.33 bits per heavy atom. The molecule has 4 N–H and O–H groups in total. The first kappa shape index (κ1) is 21.9. The van der Waals surface area contributed by atoms with Gasteiger partial charge in [0.05, 0.1) is 11.5 Å². The predicted molar refractivity (Wildman–Crippen MR) is 120 cm³/mol. The van der Waals surface area contributed by atoms with Crippen molar-refractivity contribution in [2.75, 3.05) is 18.4 Å². The molecule has 2 aromatic carbocycles. The van der Waals surface area contributed by atoms with Gasteiger partial charge in [-0.05, 0) is 42.5 Å². The van der Waals surface area contributed by atoms with E-state index in [-0.39, 0.29) is 17.4 Å². The van der Waals surface area contributed by atoms with Gasteiger partial charge in [0.25, 0.3) is 5.56 Å². The number of anilines is 1. The molecule has 0 unspecified atom stereocenters. The van der Waals surface area contributed by atoms with E-state index in [1.165, 1.54) is 42.5 Å². The highest BCUT2D eigenvalue weighted by Crippen LogP contribution is 2.29. The number of nitrogens with one attached hydrogen (secondary N) is 2. The maximum Gasteiger partial charge on any atom is 0.256 e. The van der Waals surface area contributed by atoms with Gasteiger partial charge in [0.2, 0.25) is 5.95 Å². The molecule has 0 aliphatic rings. The summed E-state index contributed by atoms with van der Waals surface area (Å²) in [5.74, 6) is -1.90. The molecule has 2 heterocycles.